The molecule has 0 bridgehead atoms. The number of rotatable bonds is 6. The molecule has 1 aliphatic heterocycles. The Morgan fingerprint density at radius 1 is 0.636 bits per heavy atom. The first-order valence-electron chi connectivity index (χ1n) is 18.9. The van der Waals surface area contributed by atoms with Crippen molar-refractivity contribution in [1.82, 2.24) is 9.55 Å². The fourth-order valence-electron chi connectivity index (χ4n) is 7.22. The maximum atomic E-state index is 6.59. The van der Waals surface area contributed by atoms with E-state index in [0.717, 1.165) is 50.4 Å². The first-order valence-corrected chi connectivity index (χ1v) is 18.9. The Labute approximate surface area is 341 Å². The molecule has 0 spiro atoms. The van der Waals surface area contributed by atoms with Gasteiger partial charge in [0, 0.05) is 61.3 Å². The molecule has 0 fully saturated rings. The van der Waals surface area contributed by atoms with Gasteiger partial charge in [-0.15, -0.1) is 48.1 Å². The van der Waals surface area contributed by atoms with E-state index in [0.29, 0.717) is 11.5 Å². The van der Waals surface area contributed by atoms with Crippen molar-refractivity contribution < 1.29 is 25.8 Å². The fourth-order valence-corrected chi connectivity index (χ4v) is 7.22. The summed E-state index contributed by atoms with van der Waals surface area (Å²) < 4.78 is 8.80. The zero-order valence-electron chi connectivity index (χ0n) is 33.5. The monoisotopic (exact) mass is 904 g/mol. The fraction of sp³-hybridized carbons (Fsp3) is 0.265. The van der Waals surface area contributed by atoms with E-state index in [2.05, 4.69) is 187 Å². The number of hydrogen-bond acceptors (Lipinski definition) is 4. The first-order chi connectivity index (χ1) is 25.6. The van der Waals surface area contributed by atoms with Gasteiger partial charge >= 0.3 is 0 Å². The number of pyridine rings is 1. The summed E-state index contributed by atoms with van der Waals surface area (Å²) in [5, 5.41) is 2.25. The minimum absolute atomic E-state index is 0. The van der Waals surface area contributed by atoms with E-state index in [1.54, 1.807) is 0 Å². The van der Waals surface area contributed by atoms with Crippen LogP contribution in [0.15, 0.2) is 109 Å². The van der Waals surface area contributed by atoms with Crippen LogP contribution >= 0.6 is 0 Å². The summed E-state index contributed by atoms with van der Waals surface area (Å²) >= 11 is 0. The molecule has 5 aromatic carbocycles. The number of nitrogens with zero attached hydrogens (tertiary/aromatic N) is 4. The van der Waals surface area contributed by atoms with Gasteiger partial charge in [-0.1, -0.05) is 91.2 Å². The average molecular weight is 905 g/mol. The first kappa shape index (κ1) is 38.4. The van der Waals surface area contributed by atoms with E-state index in [9.17, 15) is 0 Å². The maximum absolute atomic E-state index is 6.59. The predicted octanol–water partition coefficient (Wildman–Crippen LogP) is 13.2. The number of fused-ring (bicyclic) bond motifs is 4. The molecule has 284 valence electrons. The third kappa shape index (κ3) is 6.86. The molecule has 0 aliphatic carbocycles. The molecule has 0 saturated carbocycles. The Kier molecular flexibility index (Phi) is 9.79. The molecule has 2 aromatic heterocycles. The van der Waals surface area contributed by atoms with Crippen molar-refractivity contribution in [2.75, 3.05) is 9.80 Å². The van der Waals surface area contributed by atoms with Gasteiger partial charge in [-0.3, -0.25) is 0 Å². The molecule has 3 heterocycles. The number of aromatic nitrogens is 2. The number of ether oxygens (including phenoxy) is 1. The standard InChI is InChI=1S/C49H49N4O.Pt/c1-32-25-44-45(26-33(32)2)52(31-51(44)36-16-13-15-34(27-36)47(3,4)5)37-17-14-18-38(29-37)54-39-21-22-41-40-19-11-12-20-42(40)53(43(41)30-39)46-28-35(23-24-50-46)49(9,10)48(6,7)8;/h11-28,31H,1-10H3;/q-3;. The molecule has 0 N–H and O–H groups in total. The largest absolute Gasteiger partial charge is 0.509 e. The van der Waals surface area contributed by atoms with Gasteiger partial charge in [0.05, 0.1) is 0 Å². The molecule has 0 amide bonds. The van der Waals surface area contributed by atoms with E-state index in [1.807, 2.05) is 24.4 Å². The second kappa shape index (κ2) is 14.0. The summed E-state index contributed by atoms with van der Waals surface area (Å²) in [5.41, 5.74) is 11.3. The molecular weight excluding hydrogens is 856 g/mol. The smallest absolute Gasteiger partial charge is 0.135 e. The number of aryl methyl sites for hydroxylation is 2. The van der Waals surface area contributed by atoms with Gasteiger partial charge in [0.1, 0.15) is 5.82 Å². The van der Waals surface area contributed by atoms with Crippen LogP contribution < -0.4 is 14.5 Å². The third-order valence-corrected chi connectivity index (χ3v) is 11.7. The molecule has 7 aromatic rings. The van der Waals surface area contributed by atoms with Gasteiger partial charge < -0.3 is 19.1 Å². The van der Waals surface area contributed by atoms with Crippen LogP contribution in [0.3, 0.4) is 0 Å². The normalized spacial score (nSPS) is 13.3. The van der Waals surface area contributed by atoms with Crippen molar-refractivity contribution in [3.05, 3.63) is 150 Å². The topological polar surface area (TPSA) is 33.5 Å². The number of benzene rings is 5. The summed E-state index contributed by atoms with van der Waals surface area (Å²) in [7, 11) is 0. The van der Waals surface area contributed by atoms with Crippen LogP contribution in [0, 0.1) is 38.1 Å². The summed E-state index contributed by atoms with van der Waals surface area (Å²) in [5.74, 6) is 2.10. The zero-order valence-corrected chi connectivity index (χ0v) is 35.8. The summed E-state index contributed by atoms with van der Waals surface area (Å²) in [6, 6.07) is 43.7. The van der Waals surface area contributed by atoms with Crippen LogP contribution in [0.2, 0.25) is 0 Å². The van der Waals surface area contributed by atoms with E-state index < -0.39 is 0 Å². The summed E-state index contributed by atoms with van der Waals surface area (Å²) in [6.45, 7) is 24.8. The van der Waals surface area contributed by atoms with Crippen LogP contribution in [-0.2, 0) is 31.9 Å². The van der Waals surface area contributed by atoms with Crippen molar-refractivity contribution in [1.29, 1.82) is 0 Å². The van der Waals surface area contributed by atoms with E-state index >= 15 is 0 Å². The van der Waals surface area contributed by atoms with Crippen molar-refractivity contribution in [2.24, 2.45) is 5.41 Å². The molecule has 8 rings (SSSR count). The Morgan fingerprint density at radius 3 is 2.05 bits per heavy atom. The number of anilines is 4. The van der Waals surface area contributed by atoms with Gasteiger partial charge in [0.15, 0.2) is 0 Å². The van der Waals surface area contributed by atoms with Crippen molar-refractivity contribution in [3.8, 4) is 17.3 Å². The van der Waals surface area contributed by atoms with Crippen molar-refractivity contribution in [3.63, 3.8) is 0 Å². The third-order valence-electron chi connectivity index (χ3n) is 11.7. The minimum atomic E-state index is -0.0689. The molecule has 6 heteroatoms. The average Bonchev–Trinajstić information content (AvgIpc) is 3.66. The van der Waals surface area contributed by atoms with Crippen LogP contribution in [0.5, 0.6) is 11.5 Å². The van der Waals surface area contributed by atoms with Crippen molar-refractivity contribution in [2.45, 2.75) is 80.1 Å². The van der Waals surface area contributed by atoms with Gasteiger partial charge in [0.2, 0.25) is 0 Å². The van der Waals surface area contributed by atoms with Crippen LogP contribution in [0.1, 0.15) is 77.6 Å². The Bertz CT molecular complexity index is 2550. The summed E-state index contributed by atoms with van der Waals surface area (Å²) in [6.07, 6.45) is 1.93. The SMILES string of the molecule is Cc1cc2c(cc1C)N(c1cccc(C(C)(C)C)c1)[CH-]N2c1[c-]c(Oc2[c-]c3c(cc2)c2ccccc2n3-c2cc(C(C)(C)C(C)(C)C)ccn2)ccc1.[Pt]. The van der Waals surface area contributed by atoms with Gasteiger partial charge in [-0.25, -0.2) is 4.98 Å². The molecule has 0 radical (unpaired) electrons. The molecule has 55 heavy (non-hydrogen) atoms. The number of para-hydroxylation sites is 1. The van der Waals surface area contributed by atoms with E-state index in [-0.39, 0.29) is 37.3 Å². The molecule has 5 nitrogen and oxygen atoms in total. The number of hydrogen-bond donors (Lipinski definition) is 0. The molecule has 0 saturated heterocycles. The molecular formula is C49H49N4OPt-3. The van der Waals surface area contributed by atoms with Crippen LogP contribution in [0.4, 0.5) is 22.7 Å². The summed E-state index contributed by atoms with van der Waals surface area (Å²) in [4.78, 5) is 9.40. The second-order valence-corrected chi connectivity index (χ2v) is 17.3. The van der Waals surface area contributed by atoms with Gasteiger partial charge in [-0.2, -0.15) is 12.1 Å². The Morgan fingerprint density at radius 2 is 1.33 bits per heavy atom. The van der Waals surface area contributed by atoms with E-state index in [1.165, 1.54) is 22.3 Å². The minimum Gasteiger partial charge on any atom is -0.509 e. The van der Waals surface area contributed by atoms with Gasteiger partial charge in [-0.05, 0) is 100 Å². The van der Waals surface area contributed by atoms with Crippen molar-refractivity contribution >= 4 is 44.6 Å². The van der Waals surface area contributed by atoms with Crippen LogP contribution in [0.25, 0.3) is 27.6 Å². The van der Waals surface area contributed by atoms with Gasteiger partial charge in [0.25, 0.3) is 0 Å². The predicted molar refractivity (Wildman–Crippen MR) is 225 cm³/mol. The van der Waals surface area contributed by atoms with Crippen LogP contribution in [-0.4, -0.2) is 9.55 Å². The second-order valence-electron chi connectivity index (χ2n) is 17.3. The van der Waals surface area contributed by atoms with E-state index in [4.69, 9.17) is 9.72 Å². The molecule has 0 unspecified atom stereocenters. The molecule has 0 atom stereocenters. The molecule has 1 aliphatic rings. The zero-order chi connectivity index (χ0) is 38.2. The Hall–Kier alpha value is -4.86. The quantitative estimate of drug-likeness (QED) is 0.156. The maximum Gasteiger partial charge on any atom is 0.135 e. The Balaban J connectivity index is 0.00000465.